The maximum Gasteiger partial charge on any atom is 0.421 e. The second-order valence-corrected chi connectivity index (χ2v) is 7.89. The zero-order valence-electron chi connectivity index (χ0n) is 16.2. The molecule has 0 radical (unpaired) electrons. The number of fused-ring (bicyclic) bond motifs is 2. The molecule has 160 valence electrons. The van der Waals surface area contributed by atoms with Crippen molar-refractivity contribution in [2.24, 2.45) is 0 Å². The largest absolute Gasteiger partial charge is 0.492 e. The molecule has 0 fully saturated rings. The monoisotopic (exact) mass is 422 g/mol. The standard InChI is InChI=1S/C22H21F3O5/c1-21(28,22(23,24)25)17-4-2-3-16-15(17)7-8-18(16)30-13-5-6-14-12(9-20(26)27)11-29-19(14)10-13/h2-6,10,12,18,28H,7-9,11H2,1H3,(H,26,27)/t12?,18-,21+/m0/s1. The molecule has 0 spiro atoms. The van der Waals surface area contributed by atoms with Crippen LogP contribution < -0.4 is 9.47 Å². The molecule has 30 heavy (non-hydrogen) atoms. The third kappa shape index (κ3) is 3.49. The molecule has 1 aliphatic heterocycles. The van der Waals surface area contributed by atoms with Gasteiger partial charge in [-0.1, -0.05) is 24.3 Å². The minimum absolute atomic E-state index is 0.0227. The van der Waals surface area contributed by atoms with Crippen LogP contribution in [-0.4, -0.2) is 29.0 Å². The molecule has 0 saturated carbocycles. The zero-order chi connectivity index (χ0) is 21.7. The second-order valence-electron chi connectivity index (χ2n) is 7.89. The average Bonchev–Trinajstić information content (AvgIpc) is 3.24. The van der Waals surface area contributed by atoms with Gasteiger partial charge in [0.05, 0.1) is 13.0 Å². The fourth-order valence-electron chi connectivity index (χ4n) is 4.22. The summed E-state index contributed by atoms with van der Waals surface area (Å²) in [5.74, 6) is -0.0583. The highest BCUT2D eigenvalue weighted by molar-refractivity contribution is 5.68. The molecule has 4 rings (SSSR count). The molecule has 0 aromatic heterocycles. The summed E-state index contributed by atoms with van der Waals surface area (Å²) >= 11 is 0. The molecule has 2 aliphatic rings. The molecule has 0 bridgehead atoms. The number of aliphatic carboxylic acids is 1. The van der Waals surface area contributed by atoms with Crippen LogP contribution >= 0.6 is 0 Å². The van der Waals surface area contributed by atoms with Gasteiger partial charge in [0.15, 0.2) is 5.60 Å². The summed E-state index contributed by atoms with van der Waals surface area (Å²) in [6, 6.07) is 9.70. The number of halogens is 3. The summed E-state index contributed by atoms with van der Waals surface area (Å²) in [5, 5.41) is 19.1. The van der Waals surface area contributed by atoms with Crippen LogP contribution in [-0.2, 0) is 16.8 Å². The van der Waals surface area contributed by atoms with Crippen LogP contribution in [0.3, 0.4) is 0 Å². The van der Waals surface area contributed by atoms with Crippen molar-refractivity contribution in [3.05, 3.63) is 58.7 Å². The number of ether oxygens (including phenoxy) is 2. The van der Waals surface area contributed by atoms with Crippen LogP contribution in [0.1, 0.15) is 54.0 Å². The smallest absolute Gasteiger partial charge is 0.421 e. The lowest BCUT2D eigenvalue weighted by Gasteiger charge is -2.29. The Labute approximate surface area is 171 Å². The minimum atomic E-state index is -4.79. The van der Waals surface area contributed by atoms with Crippen molar-refractivity contribution in [3.8, 4) is 11.5 Å². The third-order valence-electron chi connectivity index (χ3n) is 5.86. The molecule has 1 unspecified atom stereocenters. The van der Waals surface area contributed by atoms with Gasteiger partial charge in [-0.2, -0.15) is 13.2 Å². The molecule has 2 aromatic carbocycles. The van der Waals surface area contributed by atoms with E-state index in [1.807, 2.05) is 0 Å². The molecule has 0 saturated heterocycles. The van der Waals surface area contributed by atoms with Crippen LogP contribution in [0.25, 0.3) is 0 Å². The number of benzene rings is 2. The summed E-state index contributed by atoms with van der Waals surface area (Å²) in [6.45, 7) is 1.05. The third-order valence-corrected chi connectivity index (χ3v) is 5.86. The van der Waals surface area contributed by atoms with Gasteiger partial charge in [0.1, 0.15) is 17.6 Å². The van der Waals surface area contributed by atoms with Crippen LogP contribution in [0, 0.1) is 0 Å². The molecular formula is C22H21F3O5. The number of carboxylic acid groups (broad SMARTS) is 1. The van der Waals surface area contributed by atoms with Crippen molar-refractivity contribution >= 4 is 5.97 Å². The molecule has 5 nitrogen and oxygen atoms in total. The van der Waals surface area contributed by atoms with Crippen molar-refractivity contribution in [2.75, 3.05) is 6.61 Å². The molecule has 8 heteroatoms. The Morgan fingerprint density at radius 3 is 2.70 bits per heavy atom. The average molecular weight is 422 g/mol. The number of hydrogen-bond acceptors (Lipinski definition) is 4. The second kappa shape index (κ2) is 7.19. The first-order chi connectivity index (χ1) is 14.1. The van der Waals surface area contributed by atoms with E-state index in [0.717, 1.165) is 12.5 Å². The number of aliphatic hydroxyl groups is 1. The van der Waals surface area contributed by atoms with E-state index in [1.165, 1.54) is 12.1 Å². The van der Waals surface area contributed by atoms with E-state index in [0.29, 0.717) is 35.5 Å². The summed E-state index contributed by atoms with van der Waals surface area (Å²) in [5.41, 5.74) is -1.19. The molecular weight excluding hydrogens is 401 g/mol. The predicted octanol–water partition coefficient (Wildman–Crippen LogP) is 4.47. The lowest BCUT2D eigenvalue weighted by atomic mass is 9.89. The number of alkyl halides is 3. The molecule has 0 amide bonds. The van der Waals surface area contributed by atoms with Crippen LogP contribution in [0.15, 0.2) is 36.4 Å². The van der Waals surface area contributed by atoms with E-state index in [1.54, 1.807) is 24.3 Å². The van der Waals surface area contributed by atoms with Gasteiger partial charge < -0.3 is 19.7 Å². The highest BCUT2D eigenvalue weighted by atomic mass is 19.4. The fraction of sp³-hybridized carbons (Fsp3) is 0.409. The molecule has 2 N–H and O–H groups in total. The number of carbonyl (C=O) groups is 1. The van der Waals surface area contributed by atoms with Crippen molar-refractivity contribution < 1.29 is 37.7 Å². The first-order valence-electron chi connectivity index (χ1n) is 9.64. The maximum absolute atomic E-state index is 13.3. The van der Waals surface area contributed by atoms with Crippen molar-refractivity contribution in [3.63, 3.8) is 0 Å². The lowest BCUT2D eigenvalue weighted by molar-refractivity contribution is -0.259. The highest BCUT2D eigenvalue weighted by Crippen LogP contribution is 2.46. The van der Waals surface area contributed by atoms with Crippen molar-refractivity contribution in [2.45, 2.75) is 50.0 Å². The van der Waals surface area contributed by atoms with E-state index in [-0.39, 0.29) is 24.5 Å². The zero-order valence-corrected chi connectivity index (χ0v) is 16.2. The summed E-state index contributed by atoms with van der Waals surface area (Å²) in [4.78, 5) is 11.0. The molecule has 3 atom stereocenters. The molecule has 2 aromatic rings. The lowest BCUT2D eigenvalue weighted by Crippen LogP contribution is -2.40. The number of rotatable bonds is 5. The first kappa shape index (κ1) is 20.5. The summed E-state index contributed by atoms with van der Waals surface area (Å²) in [7, 11) is 0. The molecule has 1 aliphatic carbocycles. The summed E-state index contributed by atoms with van der Waals surface area (Å²) in [6.07, 6.45) is -4.40. The van der Waals surface area contributed by atoms with Crippen LogP contribution in [0.4, 0.5) is 13.2 Å². The van der Waals surface area contributed by atoms with Gasteiger partial charge in [0, 0.05) is 17.5 Å². The van der Waals surface area contributed by atoms with Crippen molar-refractivity contribution in [1.82, 2.24) is 0 Å². The summed E-state index contributed by atoms with van der Waals surface area (Å²) < 4.78 is 51.6. The Bertz CT molecular complexity index is 983. The van der Waals surface area contributed by atoms with Gasteiger partial charge in [-0.3, -0.25) is 4.79 Å². The maximum atomic E-state index is 13.3. The molecule has 1 heterocycles. The van der Waals surface area contributed by atoms with Gasteiger partial charge in [-0.15, -0.1) is 0 Å². The van der Waals surface area contributed by atoms with Gasteiger partial charge in [-0.25, -0.2) is 0 Å². The van der Waals surface area contributed by atoms with E-state index in [9.17, 15) is 23.1 Å². The van der Waals surface area contributed by atoms with Crippen LogP contribution in [0.5, 0.6) is 11.5 Å². The van der Waals surface area contributed by atoms with Gasteiger partial charge in [-0.05, 0) is 42.5 Å². The fourth-order valence-corrected chi connectivity index (χ4v) is 4.22. The Morgan fingerprint density at radius 2 is 2.00 bits per heavy atom. The van der Waals surface area contributed by atoms with Crippen molar-refractivity contribution in [1.29, 1.82) is 0 Å². The van der Waals surface area contributed by atoms with E-state index in [2.05, 4.69) is 0 Å². The Morgan fingerprint density at radius 1 is 1.23 bits per heavy atom. The van der Waals surface area contributed by atoms with Gasteiger partial charge in [0.25, 0.3) is 0 Å². The Balaban J connectivity index is 1.57. The van der Waals surface area contributed by atoms with E-state index < -0.39 is 23.9 Å². The van der Waals surface area contributed by atoms with Gasteiger partial charge in [0.2, 0.25) is 0 Å². The van der Waals surface area contributed by atoms with Gasteiger partial charge >= 0.3 is 12.1 Å². The Kier molecular flexibility index (Phi) is 4.92. The van der Waals surface area contributed by atoms with Crippen LogP contribution in [0.2, 0.25) is 0 Å². The number of hydrogen-bond donors (Lipinski definition) is 2. The topological polar surface area (TPSA) is 76.0 Å². The Hall–Kier alpha value is -2.74. The van der Waals surface area contributed by atoms with E-state index >= 15 is 0 Å². The SMILES string of the molecule is C[C@@](O)(c1cccc2c1CC[C@@H]2Oc1ccc2c(c1)OCC2CC(=O)O)C(F)(F)F. The quantitative estimate of drug-likeness (QED) is 0.744. The number of carboxylic acids is 1. The minimum Gasteiger partial charge on any atom is -0.492 e. The van der Waals surface area contributed by atoms with E-state index in [4.69, 9.17) is 14.6 Å². The highest BCUT2D eigenvalue weighted by Gasteiger charge is 2.52. The normalized spacial score (nSPS) is 22.0. The first-order valence-corrected chi connectivity index (χ1v) is 9.64. The predicted molar refractivity (Wildman–Crippen MR) is 101 cm³/mol.